The normalized spacial score (nSPS) is 10.5. The molecular weight excluding hydrogens is 342 g/mol. The molecule has 1 N–H and O–H groups in total. The Morgan fingerprint density at radius 3 is 1.85 bits per heavy atom. The van der Waals surface area contributed by atoms with Crippen molar-refractivity contribution >= 4 is 17.5 Å². The Labute approximate surface area is 157 Å². The monoisotopic (exact) mass is 361 g/mol. The number of aryl methyl sites for hydroxylation is 2. The van der Waals surface area contributed by atoms with Gasteiger partial charge in [0, 0.05) is 28.1 Å². The molecule has 5 heteroatoms. The SMILES string of the molecule is COC(=O)c1c(C)[nH]c(C)c1C(=O)c1ccccc1C(=O)c1ccccc1. The number of ether oxygens (including phenoxy) is 1. The lowest BCUT2D eigenvalue weighted by Crippen LogP contribution is -2.15. The molecule has 0 fully saturated rings. The minimum absolute atomic E-state index is 0.196. The standard InChI is InChI=1S/C22H19NO4/c1-13-18(19(14(2)23-13)22(26)27-3)21(25)17-12-8-7-11-16(17)20(24)15-9-5-4-6-10-15/h4-12,23H,1-3H3. The van der Waals surface area contributed by atoms with Crippen LogP contribution in [-0.4, -0.2) is 29.6 Å². The second kappa shape index (κ2) is 7.41. The average molecular weight is 361 g/mol. The number of hydrogen-bond acceptors (Lipinski definition) is 4. The van der Waals surface area contributed by atoms with Gasteiger partial charge >= 0.3 is 5.97 Å². The highest BCUT2D eigenvalue weighted by Gasteiger charge is 2.28. The molecule has 0 radical (unpaired) electrons. The van der Waals surface area contributed by atoms with Crippen LogP contribution in [0.2, 0.25) is 0 Å². The lowest BCUT2D eigenvalue weighted by atomic mass is 9.91. The van der Waals surface area contributed by atoms with E-state index in [1.807, 2.05) is 6.07 Å². The number of nitrogens with one attached hydrogen (secondary N) is 1. The van der Waals surface area contributed by atoms with Crippen LogP contribution >= 0.6 is 0 Å². The third kappa shape index (κ3) is 3.31. The third-order valence-corrected chi connectivity index (χ3v) is 4.44. The molecule has 0 aliphatic heterocycles. The Kier molecular flexibility index (Phi) is 5.03. The van der Waals surface area contributed by atoms with Gasteiger partial charge in [-0.15, -0.1) is 0 Å². The van der Waals surface area contributed by atoms with Gasteiger partial charge in [0.2, 0.25) is 0 Å². The van der Waals surface area contributed by atoms with Crippen molar-refractivity contribution in [1.82, 2.24) is 4.98 Å². The van der Waals surface area contributed by atoms with E-state index < -0.39 is 11.8 Å². The predicted molar refractivity (Wildman–Crippen MR) is 101 cm³/mol. The first-order valence-corrected chi connectivity index (χ1v) is 8.46. The first-order valence-electron chi connectivity index (χ1n) is 8.46. The van der Waals surface area contributed by atoms with Crippen LogP contribution in [-0.2, 0) is 4.74 Å². The van der Waals surface area contributed by atoms with Gasteiger partial charge in [-0.25, -0.2) is 4.79 Å². The summed E-state index contributed by atoms with van der Waals surface area (Å²) in [4.78, 5) is 41.4. The number of esters is 1. The zero-order chi connectivity index (χ0) is 19.6. The lowest BCUT2D eigenvalue weighted by molar-refractivity contribution is 0.0597. The fraction of sp³-hybridized carbons (Fsp3) is 0.136. The van der Waals surface area contributed by atoms with Gasteiger partial charge in [0.1, 0.15) is 0 Å². The molecule has 0 bridgehead atoms. The van der Waals surface area contributed by atoms with E-state index in [1.54, 1.807) is 62.4 Å². The number of aromatic nitrogens is 1. The van der Waals surface area contributed by atoms with Crippen LogP contribution in [0.1, 0.15) is 53.6 Å². The zero-order valence-corrected chi connectivity index (χ0v) is 15.3. The summed E-state index contributed by atoms with van der Waals surface area (Å²) in [6.07, 6.45) is 0. The van der Waals surface area contributed by atoms with Crippen LogP contribution in [0.25, 0.3) is 0 Å². The van der Waals surface area contributed by atoms with E-state index >= 15 is 0 Å². The van der Waals surface area contributed by atoms with Gasteiger partial charge in [-0.2, -0.15) is 0 Å². The van der Waals surface area contributed by atoms with E-state index in [0.717, 1.165) is 0 Å². The Balaban J connectivity index is 2.13. The molecule has 0 unspecified atom stereocenters. The summed E-state index contributed by atoms with van der Waals surface area (Å²) >= 11 is 0. The van der Waals surface area contributed by atoms with Crippen LogP contribution in [0.15, 0.2) is 54.6 Å². The fourth-order valence-electron chi connectivity index (χ4n) is 3.18. The van der Waals surface area contributed by atoms with Gasteiger partial charge in [-0.3, -0.25) is 9.59 Å². The first kappa shape index (κ1) is 18.3. The summed E-state index contributed by atoms with van der Waals surface area (Å²) in [6.45, 7) is 3.42. The molecule has 0 aliphatic carbocycles. The molecule has 0 saturated carbocycles. The van der Waals surface area contributed by atoms with E-state index in [9.17, 15) is 14.4 Å². The molecule has 2 aromatic carbocycles. The average Bonchev–Trinajstić information content (AvgIpc) is 3.00. The highest BCUT2D eigenvalue weighted by Crippen LogP contribution is 2.25. The molecule has 0 atom stereocenters. The van der Waals surface area contributed by atoms with E-state index in [1.165, 1.54) is 7.11 Å². The largest absolute Gasteiger partial charge is 0.465 e. The van der Waals surface area contributed by atoms with Crippen molar-refractivity contribution in [1.29, 1.82) is 0 Å². The molecule has 0 saturated heterocycles. The van der Waals surface area contributed by atoms with Crippen LogP contribution in [0.4, 0.5) is 0 Å². The van der Waals surface area contributed by atoms with Gasteiger partial charge in [0.15, 0.2) is 11.6 Å². The van der Waals surface area contributed by atoms with Crippen molar-refractivity contribution in [2.45, 2.75) is 13.8 Å². The molecule has 3 aromatic rings. The van der Waals surface area contributed by atoms with Crippen molar-refractivity contribution in [2.75, 3.05) is 7.11 Å². The first-order chi connectivity index (χ1) is 13.0. The number of aromatic amines is 1. The molecule has 0 amide bonds. The molecule has 3 rings (SSSR count). The van der Waals surface area contributed by atoms with E-state index in [4.69, 9.17) is 4.74 Å². The van der Waals surface area contributed by atoms with E-state index in [0.29, 0.717) is 22.5 Å². The molecule has 27 heavy (non-hydrogen) atoms. The number of methoxy groups -OCH3 is 1. The summed E-state index contributed by atoms with van der Waals surface area (Å²) in [6, 6.07) is 15.4. The quantitative estimate of drug-likeness (QED) is 0.553. The van der Waals surface area contributed by atoms with Gasteiger partial charge in [-0.1, -0.05) is 54.6 Å². The van der Waals surface area contributed by atoms with Crippen molar-refractivity contribution in [3.8, 4) is 0 Å². The molecule has 136 valence electrons. The maximum Gasteiger partial charge on any atom is 0.340 e. The lowest BCUT2D eigenvalue weighted by Gasteiger charge is -2.09. The zero-order valence-electron chi connectivity index (χ0n) is 15.3. The second-order valence-corrected chi connectivity index (χ2v) is 6.19. The van der Waals surface area contributed by atoms with Crippen LogP contribution in [0.3, 0.4) is 0 Å². The Morgan fingerprint density at radius 2 is 1.26 bits per heavy atom. The van der Waals surface area contributed by atoms with E-state index in [2.05, 4.69) is 4.98 Å². The maximum atomic E-state index is 13.3. The van der Waals surface area contributed by atoms with Crippen LogP contribution in [0, 0.1) is 13.8 Å². The van der Waals surface area contributed by atoms with Gasteiger partial charge in [0.25, 0.3) is 0 Å². The number of carbonyl (C=O) groups excluding carboxylic acids is 3. The third-order valence-electron chi connectivity index (χ3n) is 4.44. The van der Waals surface area contributed by atoms with E-state index in [-0.39, 0.29) is 22.5 Å². The van der Waals surface area contributed by atoms with Gasteiger partial charge in [0.05, 0.1) is 18.2 Å². The Morgan fingerprint density at radius 1 is 0.741 bits per heavy atom. The number of ketones is 2. The number of benzene rings is 2. The van der Waals surface area contributed by atoms with Crippen LogP contribution in [0.5, 0.6) is 0 Å². The number of H-pyrrole nitrogens is 1. The van der Waals surface area contributed by atoms with Crippen molar-refractivity contribution in [2.24, 2.45) is 0 Å². The summed E-state index contributed by atoms with van der Waals surface area (Å²) < 4.78 is 4.83. The van der Waals surface area contributed by atoms with Crippen molar-refractivity contribution in [3.63, 3.8) is 0 Å². The highest BCUT2D eigenvalue weighted by molar-refractivity contribution is 6.22. The molecular formula is C22H19NO4. The minimum atomic E-state index is -0.591. The highest BCUT2D eigenvalue weighted by atomic mass is 16.5. The smallest absolute Gasteiger partial charge is 0.340 e. The van der Waals surface area contributed by atoms with Gasteiger partial charge < -0.3 is 9.72 Å². The molecule has 0 spiro atoms. The summed E-state index contributed by atoms with van der Waals surface area (Å²) in [5.41, 5.74) is 2.57. The molecule has 0 aliphatic rings. The Bertz CT molecular complexity index is 1030. The van der Waals surface area contributed by atoms with Crippen molar-refractivity contribution < 1.29 is 19.1 Å². The number of rotatable bonds is 5. The summed E-state index contributed by atoms with van der Waals surface area (Å²) in [7, 11) is 1.27. The topological polar surface area (TPSA) is 76.2 Å². The summed E-state index contributed by atoms with van der Waals surface area (Å²) in [5, 5.41) is 0. The maximum absolute atomic E-state index is 13.3. The number of carbonyl (C=O) groups is 3. The fourth-order valence-corrected chi connectivity index (χ4v) is 3.18. The van der Waals surface area contributed by atoms with Crippen LogP contribution < -0.4 is 0 Å². The molecule has 5 nitrogen and oxygen atoms in total. The summed E-state index contributed by atoms with van der Waals surface area (Å²) in [5.74, 6) is -1.23. The van der Waals surface area contributed by atoms with Gasteiger partial charge in [-0.05, 0) is 13.8 Å². The van der Waals surface area contributed by atoms with Crippen molar-refractivity contribution in [3.05, 3.63) is 93.8 Å². The second-order valence-electron chi connectivity index (χ2n) is 6.19. The number of hydrogen-bond donors (Lipinski definition) is 1. The minimum Gasteiger partial charge on any atom is -0.465 e. The molecule has 1 heterocycles. The Hall–Kier alpha value is -3.47. The molecule has 1 aromatic heterocycles. The predicted octanol–water partition coefficient (Wildman–Crippen LogP) is 3.88.